The summed E-state index contributed by atoms with van der Waals surface area (Å²) in [6.07, 6.45) is 2.57. The number of carbonyl (C=O) groups is 2. The molecule has 1 amide bonds. The van der Waals surface area contributed by atoms with Crippen LogP contribution in [0.15, 0.2) is 73.1 Å². The molecule has 0 bridgehead atoms. The third-order valence-electron chi connectivity index (χ3n) is 5.10. The van der Waals surface area contributed by atoms with Crippen LogP contribution in [0.5, 0.6) is 0 Å². The molecular weight excluding hydrogens is 404 g/mol. The van der Waals surface area contributed by atoms with E-state index in [1.807, 2.05) is 36.4 Å². The predicted molar refractivity (Wildman–Crippen MR) is 115 cm³/mol. The van der Waals surface area contributed by atoms with Crippen LogP contribution in [0.25, 0.3) is 11.1 Å². The molecular formula is C23H21ClN2O4. The summed E-state index contributed by atoms with van der Waals surface area (Å²) in [5.74, 6) is -1.20. The molecule has 7 heteroatoms. The van der Waals surface area contributed by atoms with Gasteiger partial charge in [-0.3, -0.25) is 4.98 Å². The first-order valence-electron chi connectivity index (χ1n) is 9.36. The number of aliphatic carboxylic acids is 1. The van der Waals surface area contributed by atoms with E-state index in [2.05, 4.69) is 22.4 Å². The van der Waals surface area contributed by atoms with Crippen molar-refractivity contribution in [3.05, 3.63) is 89.7 Å². The van der Waals surface area contributed by atoms with Crippen LogP contribution in [0, 0.1) is 0 Å². The minimum Gasteiger partial charge on any atom is -0.480 e. The fourth-order valence-corrected chi connectivity index (χ4v) is 3.74. The van der Waals surface area contributed by atoms with Gasteiger partial charge in [-0.05, 0) is 33.9 Å². The maximum Gasteiger partial charge on any atom is 0.407 e. The molecule has 6 nitrogen and oxygen atoms in total. The zero-order valence-electron chi connectivity index (χ0n) is 16.0. The number of ether oxygens (including phenoxy) is 1. The third kappa shape index (κ3) is 4.44. The number of halogens is 1. The summed E-state index contributed by atoms with van der Waals surface area (Å²) >= 11 is 0. The molecule has 1 aliphatic carbocycles. The van der Waals surface area contributed by atoms with Crippen molar-refractivity contribution in [1.29, 1.82) is 0 Å². The van der Waals surface area contributed by atoms with Crippen molar-refractivity contribution in [3.8, 4) is 11.1 Å². The summed E-state index contributed by atoms with van der Waals surface area (Å²) in [6.45, 7) is 0.138. The van der Waals surface area contributed by atoms with E-state index in [1.165, 1.54) is 0 Å². The van der Waals surface area contributed by atoms with E-state index in [0.717, 1.165) is 27.8 Å². The molecule has 0 fully saturated rings. The van der Waals surface area contributed by atoms with E-state index in [4.69, 9.17) is 4.74 Å². The summed E-state index contributed by atoms with van der Waals surface area (Å²) in [5, 5.41) is 11.9. The molecule has 1 unspecified atom stereocenters. The molecule has 1 aliphatic rings. The molecule has 30 heavy (non-hydrogen) atoms. The number of hydrogen-bond acceptors (Lipinski definition) is 4. The first-order chi connectivity index (χ1) is 14.1. The first kappa shape index (κ1) is 21.3. The highest BCUT2D eigenvalue weighted by Gasteiger charge is 2.29. The number of alkyl carbamates (subject to hydrolysis) is 1. The zero-order chi connectivity index (χ0) is 20.2. The molecule has 1 heterocycles. The van der Waals surface area contributed by atoms with Gasteiger partial charge in [-0.2, -0.15) is 0 Å². The number of benzene rings is 2. The van der Waals surface area contributed by atoms with Crippen molar-refractivity contribution in [2.75, 3.05) is 6.61 Å². The summed E-state index contributed by atoms with van der Waals surface area (Å²) in [6, 6.07) is 18.5. The Kier molecular flexibility index (Phi) is 6.69. The van der Waals surface area contributed by atoms with Gasteiger partial charge in [-0.25, -0.2) is 9.59 Å². The molecule has 1 aromatic heterocycles. The van der Waals surface area contributed by atoms with Gasteiger partial charge in [0.1, 0.15) is 12.6 Å². The SMILES string of the molecule is Cl.O=C(NC(Cc1cccnc1)C(=O)O)OCC1c2ccccc2-c2ccccc21. The minimum absolute atomic E-state index is 0. The van der Waals surface area contributed by atoms with Crippen molar-refractivity contribution in [2.24, 2.45) is 0 Å². The number of nitrogens with zero attached hydrogens (tertiary/aromatic N) is 1. The zero-order valence-corrected chi connectivity index (χ0v) is 16.8. The molecule has 4 rings (SSSR count). The highest BCUT2D eigenvalue weighted by molar-refractivity contribution is 5.85. The highest BCUT2D eigenvalue weighted by atomic mass is 35.5. The van der Waals surface area contributed by atoms with Gasteiger partial charge in [-0.15, -0.1) is 12.4 Å². The van der Waals surface area contributed by atoms with Crippen molar-refractivity contribution >= 4 is 24.5 Å². The molecule has 1 atom stereocenters. The van der Waals surface area contributed by atoms with Gasteiger partial charge in [0.15, 0.2) is 0 Å². The number of carboxylic acid groups (broad SMARTS) is 1. The summed E-state index contributed by atoms with van der Waals surface area (Å²) in [4.78, 5) is 27.8. The number of fused-ring (bicyclic) bond motifs is 3. The average molecular weight is 425 g/mol. The lowest BCUT2D eigenvalue weighted by Gasteiger charge is -2.17. The smallest absolute Gasteiger partial charge is 0.407 e. The molecule has 154 valence electrons. The second kappa shape index (κ2) is 9.41. The Balaban J connectivity index is 0.00000256. The monoisotopic (exact) mass is 424 g/mol. The van der Waals surface area contributed by atoms with Crippen LogP contribution in [-0.4, -0.2) is 34.8 Å². The van der Waals surface area contributed by atoms with Crippen LogP contribution in [0.2, 0.25) is 0 Å². The van der Waals surface area contributed by atoms with Crippen molar-refractivity contribution < 1.29 is 19.4 Å². The van der Waals surface area contributed by atoms with Gasteiger partial charge in [0.25, 0.3) is 0 Å². The second-order valence-electron chi connectivity index (χ2n) is 6.93. The number of amides is 1. The molecule has 0 radical (unpaired) electrons. The van der Waals surface area contributed by atoms with Crippen molar-refractivity contribution in [2.45, 2.75) is 18.4 Å². The Morgan fingerprint density at radius 2 is 1.63 bits per heavy atom. The molecule has 0 spiro atoms. The number of pyridine rings is 1. The second-order valence-corrected chi connectivity index (χ2v) is 6.93. The number of hydrogen-bond donors (Lipinski definition) is 2. The van der Waals surface area contributed by atoms with E-state index in [0.29, 0.717) is 0 Å². The van der Waals surface area contributed by atoms with Gasteiger partial charge in [0.2, 0.25) is 0 Å². The molecule has 2 N–H and O–H groups in total. The third-order valence-corrected chi connectivity index (χ3v) is 5.10. The Labute approximate surface area is 180 Å². The standard InChI is InChI=1S/C23H20N2O4.ClH/c26-22(27)21(12-15-6-5-11-24-13-15)25-23(28)29-14-20-18-9-3-1-7-16(18)17-8-2-4-10-19(17)20;/h1-11,13,20-21H,12,14H2,(H,25,28)(H,26,27);1H. The van der Waals surface area contributed by atoms with E-state index in [9.17, 15) is 14.7 Å². The van der Waals surface area contributed by atoms with E-state index in [-0.39, 0.29) is 31.4 Å². The Morgan fingerprint density at radius 1 is 1.00 bits per heavy atom. The lowest BCUT2D eigenvalue weighted by Crippen LogP contribution is -2.42. The Bertz CT molecular complexity index is 997. The number of aromatic nitrogens is 1. The van der Waals surface area contributed by atoms with Crippen LogP contribution in [0.4, 0.5) is 4.79 Å². The van der Waals surface area contributed by atoms with Gasteiger partial charge in [0.05, 0.1) is 0 Å². The van der Waals surface area contributed by atoms with Crippen LogP contribution in [0.3, 0.4) is 0 Å². The van der Waals surface area contributed by atoms with Crippen LogP contribution >= 0.6 is 12.4 Å². The lowest BCUT2D eigenvalue weighted by molar-refractivity contribution is -0.139. The summed E-state index contributed by atoms with van der Waals surface area (Å²) < 4.78 is 5.43. The number of nitrogens with one attached hydrogen (secondary N) is 1. The van der Waals surface area contributed by atoms with Crippen molar-refractivity contribution in [3.63, 3.8) is 0 Å². The average Bonchev–Trinajstić information content (AvgIpc) is 3.06. The molecule has 0 aliphatic heterocycles. The number of rotatable bonds is 6. The van der Waals surface area contributed by atoms with Gasteiger partial charge in [-0.1, -0.05) is 54.6 Å². The van der Waals surface area contributed by atoms with Crippen LogP contribution in [0.1, 0.15) is 22.6 Å². The Morgan fingerprint density at radius 3 is 2.20 bits per heavy atom. The quantitative estimate of drug-likeness (QED) is 0.623. The molecule has 2 aromatic carbocycles. The largest absolute Gasteiger partial charge is 0.480 e. The normalized spacial score (nSPS) is 12.8. The number of carbonyl (C=O) groups excluding carboxylic acids is 1. The highest BCUT2D eigenvalue weighted by Crippen LogP contribution is 2.44. The fraction of sp³-hybridized carbons (Fsp3) is 0.174. The van der Waals surface area contributed by atoms with Gasteiger partial charge < -0.3 is 15.2 Å². The van der Waals surface area contributed by atoms with Crippen LogP contribution < -0.4 is 5.32 Å². The molecule has 0 saturated carbocycles. The van der Waals surface area contributed by atoms with E-state index in [1.54, 1.807) is 24.5 Å². The summed E-state index contributed by atoms with van der Waals surface area (Å²) in [7, 11) is 0. The first-order valence-corrected chi connectivity index (χ1v) is 9.36. The minimum atomic E-state index is -1.12. The molecule has 3 aromatic rings. The van der Waals surface area contributed by atoms with Crippen LogP contribution in [-0.2, 0) is 16.0 Å². The topological polar surface area (TPSA) is 88.5 Å². The fourth-order valence-electron chi connectivity index (χ4n) is 3.74. The van der Waals surface area contributed by atoms with E-state index >= 15 is 0 Å². The lowest BCUT2D eigenvalue weighted by atomic mass is 9.98. The van der Waals surface area contributed by atoms with Gasteiger partial charge in [0, 0.05) is 24.7 Å². The number of carboxylic acids is 1. The Hall–Kier alpha value is -3.38. The predicted octanol–water partition coefficient (Wildman–Crippen LogP) is 4.04. The molecule has 0 saturated heterocycles. The van der Waals surface area contributed by atoms with Gasteiger partial charge >= 0.3 is 12.1 Å². The maximum atomic E-state index is 12.3. The van der Waals surface area contributed by atoms with Crippen molar-refractivity contribution in [1.82, 2.24) is 10.3 Å². The summed E-state index contributed by atoms with van der Waals surface area (Å²) in [5.41, 5.74) is 5.20. The van der Waals surface area contributed by atoms with E-state index < -0.39 is 18.1 Å². The maximum absolute atomic E-state index is 12.3.